The molecule has 0 amide bonds. The summed E-state index contributed by atoms with van der Waals surface area (Å²) in [5.74, 6) is 0.551. The third-order valence-corrected chi connectivity index (χ3v) is 6.77. The molecule has 2 fully saturated rings. The Morgan fingerprint density at radius 1 is 1.03 bits per heavy atom. The van der Waals surface area contributed by atoms with E-state index in [1.54, 1.807) is 29.2 Å². The number of fused-ring (bicyclic) bond motifs is 1. The summed E-state index contributed by atoms with van der Waals surface area (Å²) in [5, 5.41) is 9.02. The highest BCUT2D eigenvalue weighted by molar-refractivity contribution is 5.89. The molecule has 174 valence electrons. The summed E-state index contributed by atoms with van der Waals surface area (Å²) >= 11 is 0. The van der Waals surface area contributed by atoms with Crippen LogP contribution in [0, 0.1) is 5.82 Å². The Morgan fingerprint density at radius 3 is 2.62 bits per heavy atom. The molecule has 8 nitrogen and oxygen atoms in total. The van der Waals surface area contributed by atoms with E-state index in [0.717, 1.165) is 43.0 Å². The number of nitrogens with zero attached hydrogens (tertiary/aromatic N) is 6. The van der Waals surface area contributed by atoms with Crippen LogP contribution in [0.5, 0.6) is 0 Å². The van der Waals surface area contributed by atoms with Crippen LogP contribution in [0.25, 0.3) is 22.6 Å². The smallest absolute Gasteiger partial charge is 0.182 e. The molecule has 3 aromatic heterocycles. The molecule has 2 aliphatic rings. The SMILES string of the molecule is Nc1nc(-c2nn(Cc3ccccc3F)c3ncccc23)ncc1NC1CCN(C2CC2)CC1. The summed E-state index contributed by atoms with van der Waals surface area (Å²) in [6.45, 7) is 2.51. The normalized spacial score (nSPS) is 17.3. The fourth-order valence-corrected chi connectivity index (χ4v) is 4.76. The maximum atomic E-state index is 14.2. The van der Waals surface area contributed by atoms with Crippen LogP contribution in [0.2, 0.25) is 0 Å². The van der Waals surface area contributed by atoms with Crippen molar-refractivity contribution in [1.29, 1.82) is 0 Å². The van der Waals surface area contributed by atoms with Gasteiger partial charge in [0.25, 0.3) is 0 Å². The van der Waals surface area contributed by atoms with Crippen molar-refractivity contribution in [3.8, 4) is 11.5 Å². The minimum atomic E-state index is -0.275. The van der Waals surface area contributed by atoms with Crippen LogP contribution in [0.3, 0.4) is 0 Å². The molecule has 34 heavy (non-hydrogen) atoms. The molecule has 4 aromatic rings. The number of benzene rings is 1. The zero-order valence-electron chi connectivity index (χ0n) is 18.9. The van der Waals surface area contributed by atoms with E-state index in [1.807, 2.05) is 18.2 Å². The fourth-order valence-electron chi connectivity index (χ4n) is 4.76. The zero-order chi connectivity index (χ0) is 23.1. The summed E-state index contributed by atoms with van der Waals surface area (Å²) in [6, 6.07) is 11.6. The van der Waals surface area contributed by atoms with Crippen LogP contribution in [0.4, 0.5) is 15.9 Å². The van der Waals surface area contributed by atoms with Crippen molar-refractivity contribution in [2.75, 3.05) is 24.1 Å². The first-order chi connectivity index (χ1) is 16.7. The number of nitrogens with one attached hydrogen (secondary N) is 1. The second-order valence-corrected chi connectivity index (χ2v) is 9.15. The zero-order valence-corrected chi connectivity index (χ0v) is 18.9. The van der Waals surface area contributed by atoms with Gasteiger partial charge in [-0.1, -0.05) is 18.2 Å². The maximum absolute atomic E-state index is 14.2. The second kappa shape index (κ2) is 8.64. The highest BCUT2D eigenvalue weighted by Crippen LogP contribution is 2.31. The second-order valence-electron chi connectivity index (χ2n) is 9.15. The van der Waals surface area contributed by atoms with E-state index >= 15 is 0 Å². The Bertz CT molecular complexity index is 1320. The molecule has 3 N–H and O–H groups in total. The molecule has 0 bridgehead atoms. The Hall–Kier alpha value is -3.59. The number of nitrogen functional groups attached to an aromatic ring is 1. The lowest BCUT2D eigenvalue weighted by Crippen LogP contribution is -2.40. The lowest BCUT2D eigenvalue weighted by molar-refractivity contribution is 0.210. The number of hydrogen-bond acceptors (Lipinski definition) is 7. The van der Waals surface area contributed by atoms with Crippen molar-refractivity contribution in [1.82, 2.24) is 29.6 Å². The van der Waals surface area contributed by atoms with Gasteiger partial charge in [0.05, 0.1) is 23.8 Å². The van der Waals surface area contributed by atoms with Crippen LogP contribution in [0.15, 0.2) is 48.8 Å². The number of piperidine rings is 1. The Balaban J connectivity index is 1.25. The van der Waals surface area contributed by atoms with Gasteiger partial charge in [0.2, 0.25) is 0 Å². The Labute approximate surface area is 197 Å². The van der Waals surface area contributed by atoms with Crippen molar-refractivity contribution in [3.05, 3.63) is 60.2 Å². The van der Waals surface area contributed by atoms with Crippen molar-refractivity contribution in [3.63, 3.8) is 0 Å². The fraction of sp³-hybridized carbons (Fsp3) is 0.360. The molecular formula is C25H27FN8. The van der Waals surface area contributed by atoms with Crippen LogP contribution in [-0.2, 0) is 6.54 Å². The largest absolute Gasteiger partial charge is 0.382 e. The van der Waals surface area contributed by atoms with E-state index in [2.05, 4.69) is 25.2 Å². The van der Waals surface area contributed by atoms with Gasteiger partial charge >= 0.3 is 0 Å². The summed E-state index contributed by atoms with van der Waals surface area (Å²) in [5.41, 5.74) is 8.85. The highest BCUT2D eigenvalue weighted by Gasteiger charge is 2.32. The number of pyridine rings is 1. The van der Waals surface area contributed by atoms with E-state index in [4.69, 9.17) is 10.8 Å². The quantitative estimate of drug-likeness (QED) is 0.455. The van der Waals surface area contributed by atoms with Crippen molar-refractivity contribution in [2.45, 2.75) is 44.3 Å². The first-order valence-corrected chi connectivity index (χ1v) is 11.8. The number of aromatic nitrogens is 5. The number of hydrogen-bond donors (Lipinski definition) is 2. The third kappa shape index (κ3) is 4.07. The van der Waals surface area contributed by atoms with E-state index in [9.17, 15) is 4.39 Å². The molecule has 0 radical (unpaired) electrons. The predicted octanol–water partition coefficient (Wildman–Crippen LogP) is 3.70. The van der Waals surface area contributed by atoms with E-state index < -0.39 is 0 Å². The third-order valence-electron chi connectivity index (χ3n) is 6.77. The van der Waals surface area contributed by atoms with Gasteiger partial charge in [0.1, 0.15) is 11.5 Å². The minimum absolute atomic E-state index is 0.259. The molecule has 0 unspecified atom stereocenters. The number of likely N-dealkylation sites (tertiary alicyclic amines) is 1. The lowest BCUT2D eigenvalue weighted by Gasteiger charge is -2.32. The van der Waals surface area contributed by atoms with Gasteiger partial charge < -0.3 is 16.0 Å². The summed E-state index contributed by atoms with van der Waals surface area (Å²) in [6.07, 6.45) is 8.31. The first kappa shape index (κ1) is 21.0. The van der Waals surface area contributed by atoms with Gasteiger partial charge in [-0.15, -0.1) is 0 Å². The summed E-state index contributed by atoms with van der Waals surface area (Å²) < 4.78 is 15.9. The van der Waals surface area contributed by atoms with Crippen LogP contribution >= 0.6 is 0 Å². The molecule has 9 heteroatoms. The predicted molar refractivity (Wildman–Crippen MR) is 130 cm³/mol. The molecule has 0 spiro atoms. The Morgan fingerprint density at radius 2 is 1.85 bits per heavy atom. The van der Waals surface area contributed by atoms with Crippen LogP contribution in [-0.4, -0.2) is 54.8 Å². The monoisotopic (exact) mass is 458 g/mol. The first-order valence-electron chi connectivity index (χ1n) is 11.8. The van der Waals surface area contributed by atoms with Gasteiger partial charge in [-0.3, -0.25) is 0 Å². The summed E-state index contributed by atoms with van der Waals surface area (Å²) in [7, 11) is 0. The standard InChI is InChI=1S/C25H27FN8/c26-20-6-2-1-4-16(20)15-34-25-19(5-3-11-28-25)22(32-34)24-29-14-21(23(27)31-24)30-17-9-12-33(13-10-17)18-7-8-18/h1-6,11,14,17-18,30H,7-10,12-13,15H2,(H2,27,29,31). The van der Waals surface area contributed by atoms with Gasteiger partial charge in [0.15, 0.2) is 17.3 Å². The lowest BCUT2D eigenvalue weighted by atomic mass is 10.0. The van der Waals surface area contributed by atoms with Gasteiger partial charge in [0, 0.05) is 36.9 Å². The molecule has 6 rings (SSSR count). The van der Waals surface area contributed by atoms with Gasteiger partial charge in [-0.25, -0.2) is 24.0 Å². The van der Waals surface area contributed by atoms with E-state index in [-0.39, 0.29) is 12.4 Å². The molecule has 1 saturated heterocycles. The molecule has 0 atom stereocenters. The number of anilines is 2. The maximum Gasteiger partial charge on any atom is 0.182 e. The summed E-state index contributed by atoms with van der Waals surface area (Å²) in [4.78, 5) is 16.2. The number of rotatable bonds is 6. The molecule has 1 aliphatic carbocycles. The van der Waals surface area contributed by atoms with Gasteiger partial charge in [-0.2, -0.15) is 5.10 Å². The molecule has 1 aromatic carbocycles. The van der Waals surface area contributed by atoms with Gasteiger partial charge in [-0.05, 0) is 43.9 Å². The topological polar surface area (TPSA) is 97.8 Å². The molecular weight excluding hydrogens is 431 g/mol. The van der Waals surface area contributed by atoms with E-state index in [0.29, 0.717) is 34.6 Å². The molecule has 4 heterocycles. The number of nitrogens with two attached hydrogens (primary N) is 1. The molecule has 1 aliphatic heterocycles. The average molecular weight is 459 g/mol. The highest BCUT2D eigenvalue weighted by atomic mass is 19.1. The van der Waals surface area contributed by atoms with Crippen LogP contribution < -0.4 is 11.1 Å². The van der Waals surface area contributed by atoms with Crippen LogP contribution in [0.1, 0.15) is 31.2 Å². The van der Waals surface area contributed by atoms with Crippen molar-refractivity contribution in [2.24, 2.45) is 0 Å². The Kier molecular flexibility index (Phi) is 5.33. The number of halogens is 1. The average Bonchev–Trinajstić information content (AvgIpc) is 3.65. The minimum Gasteiger partial charge on any atom is -0.382 e. The van der Waals surface area contributed by atoms with Crippen molar-refractivity contribution < 1.29 is 4.39 Å². The molecule has 1 saturated carbocycles. The van der Waals surface area contributed by atoms with Crippen molar-refractivity contribution >= 4 is 22.5 Å². The van der Waals surface area contributed by atoms with E-state index in [1.165, 1.54) is 18.9 Å².